The molecule has 3 heterocycles. The first-order valence-electron chi connectivity index (χ1n) is 21.6. The van der Waals surface area contributed by atoms with Gasteiger partial charge in [-0.05, 0) is 80.2 Å². The number of hydrogen-bond acceptors (Lipinski definition) is 5. The molecule has 0 amide bonds. The molecule has 0 saturated carbocycles. The number of aromatic nitrogens is 4. The molecule has 11 aromatic rings. The number of pyridine rings is 1. The summed E-state index contributed by atoms with van der Waals surface area (Å²) >= 11 is 1.87. The van der Waals surface area contributed by atoms with E-state index in [1.165, 1.54) is 54.1 Å². The molecular formula is C59H36N4S. The highest BCUT2D eigenvalue weighted by molar-refractivity contribution is 7.99. The molecule has 0 N–H and O–H groups in total. The Balaban J connectivity index is 1.07. The summed E-state index contributed by atoms with van der Waals surface area (Å²) in [5.41, 5.74) is 15.3. The molecule has 0 atom stereocenters. The molecule has 0 saturated heterocycles. The van der Waals surface area contributed by atoms with Gasteiger partial charge in [-0.2, -0.15) is 0 Å². The minimum Gasteiger partial charge on any atom is -0.247 e. The summed E-state index contributed by atoms with van der Waals surface area (Å²) < 4.78 is 0. The van der Waals surface area contributed by atoms with E-state index in [-0.39, 0.29) is 0 Å². The quantitative estimate of drug-likeness (QED) is 0.162. The fraction of sp³-hybridized carbons (Fsp3) is 0.0169. The van der Waals surface area contributed by atoms with Gasteiger partial charge >= 0.3 is 0 Å². The van der Waals surface area contributed by atoms with Crippen molar-refractivity contribution < 1.29 is 0 Å². The van der Waals surface area contributed by atoms with Gasteiger partial charge in [0, 0.05) is 42.8 Å². The molecule has 1 aliphatic carbocycles. The Morgan fingerprint density at radius 1 is 0.312 bits per heavy atom. The maximum atomic E-state index is 5.38. The highest BCUT2D eigenvalue weighted by atomic mass is 32.2. The maximum absolute atomic E-state index is 5.38. The van der Waals surface area contributed by atoms with Crippen molar-refractivity contribution in [1.82, 2.24) is 19.9 Å². The van der Waals surface area contributed by atoms with Gasteiger partial charge in [-0.15, -0.1) is 0 Å². The third-order valence-electron chi connectivity index (χ3n) is 13.0. The van der Waals surface area contributed by atoms with Gasteiger partial charge in [-0.25, -0.2) is 19.9 Å². The number of hydrogen-bond donors (Lipinski definition) is 0. The highest BCUT2D eigenvalue weighted by Gasteiger charge is 2.51. The van der Waals surface area contributed by atoms with E-state index in [1.54, 1.807) is 0 Å². The lowest BCUT2D eigenvalue weighted by molar-refractivity contribution is 0.723. The zero-order valence-electron chi connectivity index (χ0n) is 34.5. The smallest absolute Gasteiger partial charge is 0.164 e. The first kappa shape index (κ1) is 36.6. The van der Waals surface area contributed by atoms with E-state index in [1.807, 2.05) is 72.4 Å². The molecule has 1 spiro atoms. The molecule has 4 nitrogen and oxygen atoms in total. The predicted molar refractivity (Wildman–Crippen MR) is 261 cm³/mol. The summed E-state index contributed by atoms with van der Waals surface area (Å²) in [5, 5.41) is 3.50. The lowest BCUT2D eigenvalue weighted by Crippen LogP contribution is -2.32. The molecule has 64 heavy (non-hydrogen) atoms. The van der Waals surface area contributed by atoms with Gasteiger partial charge in [0.2, 0.25) is 0 Å². The Hall–Kier alpha value is -7.99. The number of benzene rings is 9. The van der Waals surface area contributed by atoms with Crippen molar-refractivity contribution in [2.75, 3.05) is 0 Å². The minimum atomic E-state index is -0.558. The van der Waals surface area contributed by atoms with E-state index in [2.05, 4.69) is 158 Å². The molecular weight excluding hydrogens is 797 g/mol. The Labute approximate surface area is 375 Å². The van der Waals surface area contributed by atoms with Crippen LogP contribution in [0.5, 0.6) is 0 Å². The molecule has 2 aliphatic rings. The van der Waals surface area contributed by atoms with Crippen LogP contribution in [0.4, 0.5) is 0 Å². The maximum Gasteiger partial charge on any atom is 0.164 e. The molecule has 0 fully saturated rings. The number of rotatable bonds is 5. The van der Waals surface area contributed by atoms with Gasteiger partial charge in [0.15, 0.2) is 17.5 Å². The second-order valence-electron chi connectivity index (χ2n) is 16.5. The molecule has 13 rings (SSSR count). The molecule has 0 radical (unpaired) electrons. The van der Waals surface area contributed by atoms with Crippen molar-refractivity contribution in [1.29, 1.82) is 0 Å². The summed E-state index contributed by atoms with van der Waals surface area (Å²) in [7, 11) is 0. The van der Waals surface area contributed by atoms with Crippen molar-refractivity contribution in [3.8, 4) is 67.7 Å². The normalized spacial score (nSPS) is 13.1. The van der Waals surface area contributed by atoms with Gasteiger partial charge in [-0.3, -0.25) is 0 Å². The number of para-hydroxylation sites is 1. The summed E-state index contributed by atoms with van der Waals surface area (Å²) in [6, 6.07) is 78.2. The van der Waals surface area contributed by atoms with Crippen LogP contribution in [0.3, 0.4) is 0 Å². The van der Waals surface area contributed by atoms with Crippen LogP contribution in [0.25, 0.3) is 89.4 Å². The summed E-state index contributed by atoms with van der Waals surface area (Å²) in [6.45, 7) is 0. The lowest BCUT2D eigenvalue weighted by atomic mass is 9.67. The standard InChI is InChI=1S/C59H36N4S/c1-4-17-38(18-5-1)55-45-35-46-50(36-44(45)43-23-10-13-28-51(43)60-55)59(47-25-11-14-29-52(47)64-53-30-15-12-26-48(53)59)49-27-16-24-42(54(46)49)37-31-33-41(34-32-37)58-62-56(39-19-6-2-7-20-39)61-57(63-58)40-21-8-3-9-22-40/h1-36H. The van der Waals surface area contributed by atoms with Crippen molar-refractivity contribution in [2.45, 2.75) is 15.2 Å². The summed E-state index contributed by atoms with van der Waals surface area (Å²) in [5.74, 6) is 1.92. The molecule has 0 bridgehead atoms. The lowest BCUT2D eigenvalue weighted by Gasteiger charge is -2.39. The number of nitrogens with zero attached hydrogens (tertiary/aromatic N) is 4. The van der Waals surface area contributed by atoms with Gasteiger partial charge in [0.1, 0.15) is 0 Å². The Kier molecular flexibility index (Phi) is 8.33. The van der Waals surface area contributed by atoms with Crippen LogP contribution in [0, 0.1) is 0 Å². The van der Waals surface area contributed by atoms with Crippen molar-refractivity contribution in [3.05, 3.63) is 241 Å². The van der Waals surface area contributed by atoms with E-state index in [4.69, 9.17) is 19.9 Å². The predicted octanol–water partition coefficient (Wildman–Crippen LogP) is 14.7. The fourth-order valence-corrected chi connectivity index (χ4v) is 11.4. The van der Waals surface area contributed by atoms with Crippen molar-refractivity contribution >= 4 is 33.4 Å². The highest BCUT2D eigenvalue weighted by Crippen LogP contribution is 2.64. The first-order chi connectivity index (χ1) is 31.7. The van der Waals surface area contributed by atoms with Gasteiger partial charge < -0.3 is 0 Å². The van der Waals surface area contributed by atoms with Crippen molar-refractivity contribution in [3.63, 3.8) is 0 Å². The molecule has 5 heteroatoms. The second-order valence-corrected chi connectivity index (χ2v) is 17.6. The van der Waals surface area contributed by atoms with E-state index < -0.39 is 5.41 Å². The minimum absolute atomic E-state index is 0.558. The van der Waals surface area contributed by atoms with Crippen LogP contribution in [-0.2, 0) is 5.41 Å². The Morgan fingerprint density at radius 2 is 0.812 bits per heavy atom. The van der Waals surface area contributed by atoms with Crippen LogP contribution in [-0.4, -0.2) is 19.9 Å². The first-order valence-corrected chi connectivity index (χ1v) is 22.4. The average molecular weight is 833 g/mol. The largest absolute Gasteiger partial charge is 0.247 e. The Morgan fingerprint density at radius 3 is 1.44 bits per heavy atom. The zero-order chi connectivity index (χ0) is 42.2. The van der Waals surface area contributed by atoms with Crippen LogP contribution < -0.4 is 0 Å². The molecule has 0 unspecified atom stereocenters. The molecule has 298 valence electrons. The van der Waals surface area contributed by atoms with Crippen LogP contribution in [0.15, 0.2) is 228 Å². The van der Waals surface area contributed by atoms with Crippen LogP contribution in [0.1, 0.15) is 22.3 Å². The van der Waals surface area contributed by atoms with E-state index in [0.717, 1.165) is 49.8 Å². The summed E-state index contributed by atoms with van der Waals surface area (Å²) in [4.78, 5) is 23.0. The van der Waals surface area contributed by atoms with Crippen molar-refractivity contribution in [2.24, 2.45) is 0 Å². The van der Waals surface area contributed by atoms with E-state index in [9.17, 15) is 0 Å². The third kappa shape index (κ3) is 5.57. The van der Waals surface area contributed by atoms with Crippen LogP contribution in [0.2, 0.25) is 0 Å². The molecule has 1 aliphatic heterocycles. The van der Waals surface area contributed by atoms with E-state index in [0.29, 0.717) is 17.5 Å². The second kappa shape index (κ2) is 14.6. The summed E-state index contributed by atoms with van der Waals surface area (Å²) in [6.07, 6.45) is 0. The number of fused-ring (bicyclic) bond motifs is 12. The molecule has 9 aromatic carbocycles. The zero-order valence-corrected chi connectivity index (χ0v) is 35.3. The SMILES string of the molecule is c1ccc(-c2nc(-c3ccccc3)nc(-c3ccc(-c4cccc5c4-c4cc6c(-c7ccccc7)nc7ccccc7c6cc4C54c5ccccc5Sc5ccccc54)cc3)n2)cc1. The Bertz CT molecular complexity index is 3520. The topological polar surface area (TPSA) is 51.6 Å². The fourth-order valence-electron chi connectivity index (χ4n) is 10.2. The monoisotopic (exact) mass is 832 g/mol. The van der Waals surface area contributed by atoms with E-state index >= 15 is 0 Å². The van der Waals surface area contributed by atoms with Gasteiger partial charge in [0.05, 0.1) is 16.6 Å². The van der Waals surface area contributed by atoms with Gasteiger partial charge in [-0.1, -0.05) is 200 Å². The molecule has 2 aromatic heterocycles. The van der Waals surface area contributed by atoms with Crippen LogP contribution >= 0.6 is 11.8 Å². The third-order valence-corrected chi connectivity index (χ3v) is 14.1. The van der Waals surface area contributed by atoms with Gasteiger partial charge in [0.25, 0.3) is 0 Å². The average Bonchev–Trinajstić information content (AvgIpc) is 3.66.